The Bertz CT molecular complexity index is 942. The van der Waals surface area contributed by atoms with Crippen molar-refractivity contribution < 1.29 is 12.8 Å². The van der Waals surface area contributed by atoms with Crippen molar-refractivity contribution in [1.29, 1.82) is 0 Å². The van der Waals surface area contributed by atoms with Crippen LogP contribution in [0.25, 0.3) is 5.69 Å². The number of tetrazole rings is 1. The second-order valence-corrected chi connectivity index (χ2v) is 6.97. The van der Waals surface area contributed by atoms with Crippen LogP contribution in [0.5, 0.6) is 0 Å². The summed E-state index contributed by atoms with van der Waals surface area (Å²) in [6.07, 6.45) is 0. The number of hydrogen-bond acceptors (Lipinski definition) is 5. The lowest BCUT2D eigenvalue weighted by Gasteiger charge is -2.07. The van der Waals surface area contributed by atoms with E-state index in [1.807, 2.05) is 0 Å². The molecule has 0 fully saturated rings. The maximum atomic E-state index is 12.9. The van der Waals surface area contributed by atoms with Gasteiger partial charge < -0.3 is 0 Å². The molecule has 0 unspecified atom stereocenters. The van der Waals surface area contributed by atoms with Crippen LogP contribution in [-0.2, 0) is 16.6 Å². The Balaban J connectivity index is 1.79. The Kier molecular flexibility index (Phi) is 4.56. The summed E-state index contributed by atoms with van der Waals surface area (Å²) in [4.78, 5) is -0.0468. The number of benzene rings is 2. The predicted octanol–water partition coefficient (Wildman–Crippen LogP) is 1.93. The third kappa shape index (κ3) is 3.58. The van der Waals surface area contributed by atoms with E-state index in [9.17, 15) is 12.8 Å². The van der Waals surface area contributed by atoms with Crippen LogP contribution in [0.2, 0.25) is 5.02 Å². The first kappa shape index (κ1) is 16.5. The highest BCUT2D eigenvalue weighted by molar-refractivity contribution is 7.89. The Morgan fingerprint density at radius 2 is 1.75 bits per heavy atom. The van der Waals surface area contributed by atoms with E-state index in [0.29, 0.717) is 16.5 Å². The zero-order chi connectivity index (χ0) is 17.2. The molecular weight excluding hydrogens is 357 g/mol. The van der Waals surface area contributed by atoms with Gasteiger partial charge in [0, 0.05) is 5.02 Å². The average Bonchev–Trinajstić information content (AvgIpc) is 3.03. The molecule has 10 heteroatoms. The largest absolute Gasteiger partial charge is 0.240 e. The van der Waals surface area contributed by atoms with Gasteiger partial charge in [-0.2, -0.15) is 4.68 Å². The fourth-order valence-corrected chi connectivity index (χ4v) is 3.06. The highest BCUT2D eigenvalue weighted by Crippen LogP contribution is 2.14. The number of nitrogens with zero attached hydrogens (tertiary/aromatic N) is 4. The SMILES string of the molecule is O=S(=O)(NCc1nnnn1-c1ccc(Cl)cc1)c1ccc(F)cc1. The molecule has 3 rings (SSSR count). The zero-order valence-electron chi connectivity index (χ0n) is 12.1. The van der Waals surface area contributed by atoms with Gasteiger partial charge in [-0.3, -0.25) is 0 Å². The molecule has 24 heavy (non-hydrogen) atoms. The number of sulfonamides is 1. The van der Waals surface area contributed by atoms with Gasteiger partial charge in [0.05, 0.1) is 17.1 Å². The summed E-state index contributed by atoms with van der Waals surface area (Å²) in [5.41, 5.74) is 0.639. The van der Waals surface area contributed by atoms with Crippen LogP contribution < -0.4 is 4.72 Å². The van der Waals surface area contributed by atoms with E-state index in [0.717, 1.165) is 12.1 Å². The molecule has 0 spiro atoms. The molecule has 1 N–H and O–H groups in total. The van der Waals surface area contributed by atoms with Crippen molar-refractivity contribution in [2.75, 3.05) is 0 Å². The molecule has 0 amide bonds. The van der Waals surface area contributed by atoms with Crippen LogP contribution in [0.4, 0.5) is 4.39 Å². The van der Waals surface area contributed by atoms with Crippen LogP contribution >= 0.6 is 11.6 Å². The molecule has 3 aromatic rings. The van der Waals surface area contributed by atoms with Crippen molar-refractivity contribution in [3.63, 3.8) is 0 Å². The summed E-state index contributed by atoms with van der Waals surface area (Å²) in [6, 6.07) is 11.3. The number of halogens is 2. The lowest BCUT2D eigenvalue weighted by molar-refractivity contribution is 0.577. The van der Waals surface area contributed by atoms with Gasteiger partial charge in [-0.15, -0.1) is 5.10 Å². The molecule has 1 heterocycles. The maximum Gasteiger partial charge on any atom is 0.240 e. The summed E-state index contributed by atoms with van der Waals surface area (Å²) in [6.45, 7) is -0.130. The van der Waals surface area contributed by atoms with Gasteiger partial charge in [0.15, 0.2) is 5.82 Å². The van der Waals surface area contributed by atoms with Crippen molar-refractivity contribution in [3.8, 4) is 5.69 Å². The van der Waals surface area contributed by atoms with Crippen molar-refractivity contribution in [3.05, 3.63) is 65.2 Å². The monoisotopic (exact) mass is 367 g/mol. The first-order valence-electron chi connectivity index (χ1n) is 6.74. The van der Waals surface area contributed by atoms with Gasteiger partial charge in [0.2, 0.25) is 10.0 Å². The van der Waals surface area contributed by atoms with Gasteiger partial charge in [-0.1, -0.05) is 11.6 Å². The van der Waals surface area contributed by atoms with E-state index in [1.165, 1.54) is 16.8 Å². The van der Waals surface area contributed by atoms with E-state index < -0.39 is 15.8 Å². The topological polar surface area (TPSA) is 89.8 Å². The molecular formula is C14H11ClFN5O2S. The highest BCUT2D eigenvalue weighted by atomic mass is 35.5. The summed E-state index contributed by atoms with van der Waals surface area (Å²) >= 11 is 5.83. The molecule has 0 saturated heterocycles. The van der Waals surface area contributed by atoms with E-state index in [1.54, 1.807) is 24.3 Å². The molecule has 124 valence electrons. The molecule has 0 atom stereocenters. The standard InChI is InChI=1S/C14H11ClFN5O2S/c15-10-1-5-12(6-2-10)21-14(18-19-20-21)9-17-24(22,23)13-7-3-11(16)4-8-13/h1-8,17H,9H2. The Labute approximate surface area is 142 Å². The molecule has 0 aliphatic heterocycles. The number of aromatic nitrogens is 4. The molecule has 0 radical (unpaired) electrons. The molecule has 1 aromatic heterocycles. The van der Waals surface area contributed by atoms with Gasteiger partial charge in [0.1, 0.15) is 5.82 Å². The van der Waals surface area contributed by atoms with E-state index in [4.69, 9.17) is 11.6 Å². The fourth-order valence-electron chi connectivity index (χ4n) is 1.96. The van der Waals surface area contributed by atoms with E-state index in [-0.39, 0.29) is 11.4 Å². The van der Waals surface area contributed by atoms with Crippen LogP contribution in [-0.4, -0.2) is 28.6 Å². The summed E-state index contributed by atoms with van der Waals surface area (Å²) in [5, 5.41) is 11.7. The smallest absolute Gasteiger partial charge is 0.207 e. The Morgan fingerprint density at radius 3 is 2.42 bits per heavy atom. The molecule has 7 nitrogen and oxygen atoms in total. The molecule has 0 aliphatic carbocycles. The van der Waals surface area contributed by atoms with Gasteiger partial charge in [-0.05, 0) is 59.0 Å². The van der Waals surface area contributed by atoms with Crippen molar-refractivity contribution in [1.82, 2.24) is 24.9 Å². The Hall–Kier alpha value is -2.36. The quantitative estimate of drug-likeness (QED) is 0.744. The lowest BCUT2D eigenvalue weighted by Crippen LogP contribution is -2.25. The minimum atomic E-state index is -3.81. The van der Waals surface area contributed by atoms with Crippen molar-refractivity contribution >= 4 is 21.6 Å². The summed E-state index contributed by atoms with van der Waals surface area (Å²) in [7, 11) is -3.81. The maximum absolute atomic E-state index is 12.9. The molecule has 0 saturated carbocycles. The summed E-state index contributed by atoms with van der Waals surface area (Å²) in [5.74, 6) is -0.219. The summed E-state index contributed by atoms with van der Waals surface area (Å²) < 4.78 is 41.1. The first-order valence-corrected chi connectivity index (χ1v) is 8.60. The Morgan fingerprint density at radius 1 is 1.08 bits per heavy atom. The normalized spacial score (nSPS) is 11.6. The van der Waals surface area contributed by atoms with Crippen LogP contribution in [0.1, 0.15) is 5.82 Å². The van der Waals surface area contributed by atoms with E-state index in [2.05, 4.69) is 20.2 Å². The van der Waals surface area contributed by atoms with E-state index >= 15 is 0 Å². The van der Waals surface area contributed by atoms with Crippen LogP contribution in [0.15, 0.2) is 53.4 Å². The third-order valence-corrected chi connectivity index (χ3v) is 4.82. The number of nitrogens with one attached hydrogen (secondary N) is 1. The number of rotatable bonds is 5. The fraction of sp³-hybridized carbons (Fsp3) is 0.0714. The molecule has 2 aromatic carbocycles. The predicted molar refractivity (Wildman–Crippen MR) is 84.6 cm³/mol. The minimum absolute atomic E-state index is 0.0468. The molecule has 0 bridgehead atoms. The highest BCUT2D eigenvalue weighted by Gasteiger charge is 2.16. The van der Waals surface area contributed by atoms with Gasteiger partial charge in [0.25, 0.3) is 0 Å². The van der Waals surface area contributed by atoms with Crippen molar-refractivity contribution in [2.24, 2.45) is 0 Å². The number of hydrogen-bond donors (Lipinski definition) is 1. The first-order chi connectivity index (χ1) is 11.5. The third-order valence-electron chi connectivity index (χ3n) is 3.15. The van der Waals surface area contributed by atoms with Crippen LogP contribution in [0, 0.1) is 5.82 Å². The molecule has 0 aliphatic rings. The zero-order valence-corrected chi connectivity index (χ0v) is 13.7. The van der Waals surface area contributed by atoms with Gasteiger partial charge in [-0.25, -0.2) is 17.5 Å². The van der Waals surface area contributed by atoms with Gasteiger partial charge >= 0.3 is 0 Å². The average molecular weight is 368 g/mol. The second kappa shape index (κ2) is 6.63. The second-order valence-electron chi connectivity index (χ2n) is 4.76. The lowest BCUT2D eigenvalue weighted by atomic mass is 10.3. The minimum Gasteiger partial charge on any atom is -0.207 e. The van der Waals surface area contributed by atoms with Crippen molar-refractivity contribution in [2.45, 2.75) is 11.4 Å². The van der Waals surface area contributed by atoms with Crippen LogP contribution in [0.3, 0.4) is 0 Å².